The number of para-hydroxylation sites is 2. The van der Waals surface area contributed by atoms with E-state index in [2.05, 4.69) is 151 Å². The van der Waals surface area contributed by atoms with Crippen LogP contribution in [0, 0.1) is 28.6 Å². The highest BCUT2D eigenvalue weighted by Gasteiger charge is 2.48. The average Bonchev–Trinajstić information content (AvgIpc) is 3.41. The van der Waals surface area contributed by atoms with Crippen LogP contribution in [-0.4, -0.2) is 6.04 Å². The summed E-state index contributed by atoms with van der Waals surface area (Å²) in [4.78, 5) is 4.85. The summed E-state index contributed by atoms with van der Waals surface area (Å²) in [7, 11) is 0. The summed E-state index contributed by atoms with van der Waals surface area (Å²) in [5.41, 5.74) is 8.07. The Balaban J connectivity index is 1.29. The van der Waals surface area contributed by atoms with Crippen LogP contribution in [0.25, 0.3) is 32.3 Å². The molecule has 1 aliphatic carbocycles. The van der Waals surface area contributed by atoms with Crippen LogP contribution < -0.4 is 9.80 Å². The van der Waals surface area contributed by atoms with E-state index in [1.165, 1.54) is 43.9 Å². The Morgan fingerprint density at radius 3 is 2.14 bits per heavy atom. The molecular formula is C46H34N4. The third-order valence-corrected chi connectivity index (χ3v) is 10.9. The fourth-order valence-electron chi connectivity index (χ4n) is 8.71. The Hall–Kier alpha value is -6.36. The molecule has 7 aromatic rings. The zero-order chi connectivity index (χ0) is 34.0. The van der Waals surface area contributed by atoms with E-state index < -0.39 is 0 Å². The Kier molecular flexibility index (Phi) is 6.77. The number of rotatable bonds is 5. The van der Waals surface area contributed by atoms with Gasteiger partial charge in [-0.25, -0.2) is 0 Å². The van der Waals surface area contributed by atoms with Crippen molar-refractivity contribution in [3.05, 3.63) is 162 Å². The number of anilines is 5. The maximum absolute atomic E-state index is 9.78. The fourth-order valence-corrected chi connectivity index (χ4v) is 8.71. The molecule has 0 amide bonds. The highest BCUT2D eigenvalue weighted by Crippen LogP contribution is 2.54. The second kappa shape index (κ2) is 11.4. The largest absolute Gasteiger partial charge is 0.336 e. The molecule has 4 heteroatoms. The van der Waals surface area contributed by atoms with Crippen molar-refractivity contribution in [3.8, 4) is 12.1 Å². The van der Waals surface area contributed by atoms with Gasteiger partial charge in [0.2, 0.25) is 0 Å². The van der Waals surface area contributed by atoms with Gasteiger partial charge in [-0.2, -0.15) is 10.5 Å². The van der Waals surface area contributed by atoms with E-state index in [0.717, 1.165) is 34.4 Å². The molecule has 1 heterocycles. The number of hydrogen-bond acceptors (Lipinski definition) is 4. The molecule has 9 rings (SSSR count). The van der Waals surface area contributed by atoms with Crippen molar-refractivity contribution in [1.29, 1.82) is 10.5 Å². The lowest BCUT2D eigenvalue weighted by Gasteiger charge is -2.40. The maximum atomic E-state index is 9.78. The summed E-state index contributed by atoms with van der Waals surface area (Å²) in [5.74, 6) is 0.239. The van der Waals surface area contributed by atoms with Gasteiger partial charge in [0, 0.05) is 56.5 Å². The summed E-state index contributed by atoms with van der Waals surface area (Å²) in [6.45, 7) is 4.74. The standard InChI is InChI=1S/C46H34N4/c1-46(2)39-13-6-7-14-42(39)50(45(46)34-17-15-30(28-47)16-18-34)41-26-22-33-19-23-37-40(25-21-32-20-24-38(41)44(33)43(32)37)49(35-10-4-3-5-11-35)36-12-8-9-31(27-36)29-48/h3-17,19-27,34,45H,18H2,1-2H3. The van der Waals surface area contributed by atoms with Crippen molar-refractivity contribution in [3.63, 3.8) is 0 Å². The summed E-state index contributed by atoms with van der Waals surface area (Å²) >= 11 is 0. The number of nitrogens with zero attached hydrogens (tertiary/aromatic N) is 4. The van der Waals surface area contributed by atoms with Gasteiger partial charge >= 0.3 is 0 Å². The Bertz CT molecular complexity index is 2600. The first kappa shape index (κ1) is 29.8. The van der Waals surface area contributed by atoms with Gasteiger partial charge in [-0.15, -0.1) is 0 Å². The molecule has 4 nitrogen and oxygen atoms in total. The number of hydrogen-bond donors (Lipinski definition) is 0. The predicted molar refractivity (Wildman–Crippen MR) is 206 cm³/mol. The van der Waals surface area contributed by atoms with E-state index in [9.17, 15) is 10.5 Å². The minimum absolute atomic E-state index is 0.130. The number of benzene rings is 7. The molecule has 0 aromatic heterocycles. The summed E-state index contributed by atoms with van der Waals surface area (Å²) in [6, 6.07) is 50.0. The molecule has 7 aromatic carbocycles. The van der Waals surface area contributed by atoms with Gasteiger partial charge in [-0.05, 0) is 88.1 Å². The average molecular weight is 643 g/mol. The second-order valence-electron chi connectivity index (χ2n) is 14.0. The van der Waals surface area contributed by atoms with Gasteiger partial charge in [0.25, 0.3) is 0 Å². The molecule has 0 radical (unpaired) electrons. The highest BCUT2D eigenvalue weighted by atomic mass is 15.2. The van der Waals surface area contributed by atoms with Crippen LogP contribution in [0.2, 0.25) is 0 Å². The molecule has 2 atom stereocenters. The molecule has 238 valence electrons. The van der Waals surface area contributed by atoms with Crippen LogP contribution in [-0.2, 0) is 5.41 Å². The lowest BCUT2D eigenvalue weighted by Crippen LogP contribution is -2.44. The third-order valence-electron chi connectivity index (χ3n) is 10.9. The van der Waals surface area contributed by atoms with Gasteiger partial charge in [-0.3, -0.25) is 0 Å². The molecular weight excluding hydrogens is 609 g/mol. The molecule has 0 N–H and O–H groups in total. The van der Waals surface area contributed by atoms with Crippen molar-refractivity contribution in [1.82, 2.24) is 0 Å². The van der Waals surface area contributed by atoms with Crippen LogP contribution in [0.4, 0.5) is 28.4 Å². The van der Waals surface area contributed by atoms with E-state index in [0.29, 0.717) is 5.56 Å². The topological polar surface area (TPSA) is 54.1 Å². The van der Waals surface area contributed by atoms with Crippen molar-refractivity contribution >= 4 is 60.8 Å². The van der Waals surface area contributed by atoms with Crippen molar-refractivity contribution < 1.29 is 0 Å². The van der Waals surface area contributed by atoms with E-state index in [-0.39, 0.29) is 17.4 Å². The quantitative estimate of drug-likeness (QED) is 0.175. The first-order valence-corrected chi connectivity index (χ1v) is 17.2. The molecule has 0 fully saturated rings. The number of allylic oxidation sites excluding steroid dienone is 3. The monoisotopic (exact) mass is 642 g/mol. The zero-order valence-corrected chi connectivity index (χ0v) is 28.0. The van der Waals surface area contributed by atoms with Crippen molar-refractivity contribution in [2.24, 2.45) is 5.92 Å². The van der Waals surface area contributed by atoms with Gasteiger partial charge < -0.3 is 9.80 Å². The first-order valence-electron chi connectivity index (χ1n) is 17.2. The smallest absolute Gasteiger partial charge is 0.0992 e. The van der Waals surface area contributed by atoms with Gasteiger partial charge in [0.1, 0.15) is 0 Å². The molecule has 50 heavy (non-hydrogen) atoms. The van der Waals surface area contributed by atoms with E-state index in [4.69, 9.17) is 0 Å². The van der Waals surface area contributed by atoms with Crippen LogP contribution in [0.5, 0.6) is 0 Å². The Labute approximate surface area is 292 Å². The minimum Gasteiger partial charge on any atom is -0.336 e. The normalized spacial score (nSPS) is 17.8. The van der Waals surface area contributed by atoms with Gasteiger partial charge in [0.15, 0.2) is 0 Å². The molecule has 0 saturated carbocycles. The molecule has 2 aliphatic rings. The lowest BCUT2D eigenvalue weighted by atomic mass is 9.73. The van der Waals surface area contributed by atoms with Gasteiger partial charge in [-0.1, -0.05) is 105 Å². The zero-order valence-electron chi connectivity index (χ0n) is 28.0. The Morgan fingerprint density at radius 1 is 0.680 bits per heavy atom. The second-order valence-corrected chi connectivity index (χ2v) is 14.0. The SMILES string of the molecule is CC1(C)c2ccccc2N(c2ccc3ccc4c(N(c5ccccc5)c5cccc(C#N)c5)ccc5ccc2c3c54)C1C1C=CC(C#N)=CC1. The highest BCUT2D eigenvalue weighted by molar-refractivity contribution is 6.28. The van der Waals surface area contributed by atoms with Crippen LogP contribution in [0.1, 0.15) is 31.4 Å². The predicted octanol–water partition coefficient (Wildman–Crippen LogP) is 11.7. The fraction of sp³-hybridized carbons (Fsp3) is 0.130. The summed E-state index contributed by atoms with van der Waals surface area (Å²) in [6.07, 6.45) is 7.18. The van der Waals surface area contributed by atoms with Crippen molar-refractivity contribution in [2.75, 3.05) is 9.80 Å². The van der Waals surface area contributed by atoms with Crippen LogP contribution in [0.3, 0.4) is 0 Å². The Morgan fingerprint density at radius 2 is 1.38 bits per heavy atom. The molecule has 1 aliphatic heterocycles. The summed E-state index contributed by atoms with van der Waals surface area (Å²) in [5, 5.41) is 26.6. The summed E-state index contributed by atoms with van der Waals surface area (Å²) < 4.78 is 0. The molecule has 0 bridgehead atoms. The van der Waals surface area contributed by atoms with E-state index in [1.807, 2.05) is 30.3 Å². The van der Waals surface area contributed by atoms with Crippen molar-refractivity contribution in [2.45, 2.75) is 31.7 Å². The molecule has 0 spiro atoms. The van der Waals surface area contributed by atoms with Crippen LogP contribution in [0.15, 0.2) is 151 Å². The van der Waals surface area contributed by atoms with Gasteiger partial charge in [0.05, 0.1) is 23.4 Å². The maximum Gasteiger partial charge on any atom is 0.0992 e. The number of fused-ring (bicyclic) bond motifs is 1. The number of nitriles is 2. The third kappa shape index (κ3) is 4.43. The minimum atomic E-state index is -0.130. The lowest BCUT2D eigenvalue weighted by molar-refractivity contribution is 0.356. The first-order chi connectivity index (χ1) is 24.5. The molecule has 2 unspecified atom stereocenters. The van der Waals surface area contributed by atoms with Crippen LogP contribution >= 0.6 is 0 Å². The molecule has 0 saturated heterocycles. The van der Waals surface area contributed by atoms with E-state index >= 15 is 0 Å². The van der Waals surface area contributed by atoms with E-state index in [1.54, 1.807) is 0 Å².